The average molecular weight is 353 g/mol. The molecular formula is C19H19N3O2S. The van der Waals surface area contributed by atoms with Gasteiger partial charge in [0.15, 0.2) is 0 Å². The highest BCUT2D eigenvalue weighted by atomic mass is 32.1. The lowest BCUT2D eigenvalue weighted by Gasteiger charge is -2.18. The van der Waals surface area contributed by atoms with E-state index in [1.54, 1.807) is 36.8 Å². The number of hydrogen-bond acceptors (Lipinski definition) is 5. The maximum atomic E-state index is 12.7. The summed E-state index contributed by atoms with van der Waals surface area (Å²) in [6.45, 7) is 2.47. The van der Waals surface area contributed by atoms with Crippen LogP contribution in [0.4, 0.5) is 0 Å². The van der Waals surface area contributed by atoms with Crippen molar-refractivity contribution >= 4 is 17.2 Å². The minimum Gasteiger partial charge on any atom is -0.497 e. The summed E-state index contributed by atoms with van der Waals surface area (Å²) in [5.74, 6) is 0.762. The molecule has 0 radical (unpaired) electrons. The van der Waals surface area contributed by atoms with Gasteiger partial charge in [0.1, 0.15) is 5.75 Å². The van der Waals surface area contributed by atoms with Gasteiger partial charge in [0.2, 0.25) is 0 Å². The lowest BCUT2D eigenvalue weighted by Crippen LogP contribution is -2.26. The Hall–Kier alpha value is -2.73. The molecular weight excluding hydrogens is 334 g/mol. The molecule has 0 saturated heterocycles. The van der Waals surface area contributed by atoms with Crippen molar-refractivity contribution in [2.75, 3.05) is 14.2 Å². The van der Waals surface area contributed by atoms with E-state index >= 15 is 0 Å². The minimum absolute atomic E-state index is 0.0402. The first-order chi connectivity index (χ1) is 12.1. The molecule has 0 fully saturated rings. The molecule has 0 saturated carbocycles. The molecule has 3 rings (SSSR count). The van der Waals surface area contributed by atoms with Crippen molar-refractivity contribution in [1.82, 2.24) is 14.9 Å². The monoisotopic (exact) mass is 353 g/mol. The van der Waals surface area contributed by atoms with E-state index in [0.29, 0.717) is 12.1 Å². The van der Waals surface area contributed by atoms with Crippen LogP contribution in [0.5, 0.6) is 5.75 Å². The molecule has 1 amide bonds. The zero-order valence-electron chi connectivity index (χ0n) is 14.4. The quantitative estimate of drug-likeness (QED) is 0.700. The summed E-state index contributed by atoms with van der Waals surface area (Å²) < 4.78 is 5.16. The number of carbonyl (C=O) groups excluding carboxylic acids is 1. The van der Waals surface area contributed by atoms with Crippen molar-refractivity contribution in [2.45, 2.75) is 13.5 Å². The molecule has 128 valence electrons. The zero-order chi connectivity index (χ0) is 17.8. The fraction of sp³-hybridized carbons (Fsp3) is 0.211. The highest BCUT2D eigenvalue weighted by Gasteiger charge is 2.15. The Labute approximate surface area is 150 Å². The van der Waals surface area contributed by atoms with Crippen LogP contribution in [0.3, 0.4) is 0 Å². The van der Waals surface area contributed by atoms with Gasteiger partial charge in [0, 0.05) is 25.4 Å². The van der Waals surface area contributed by atoms with Crippen molar-refractivity contribution < 1.29 is 9.53 Å². The van der Waals surface area contributed by atoms with Gasteiger partial charge in [-0.1, -0.05) is 12.1 Å². The smallest absolute Gasteiger partial charge is 0.254 e. The Balaban J connectivity index is 1.76. The van der Waals surface area contributed by atoms with Crippen molar-refractivity contribution in [1.29, 1.82) is 0 Å². The number of aryl methyl sites for hydroxylation is 1. The van der Waals surface area contributed by atoms with E-state index in [2.05, 4.69) is 9.97 Å². The molecule has 6 heteroatoms. The normalized spacial score (nSPS) is 10.5. The fourth-order valence-electron chi connectivity index (χ4n) is 2.53. The molecule has 2 heterocycles. The third kappa shape index (κ3) is 3.85. The first-order valence-corrected chi connectivity index (χ1v) is 8.71. The second-order valence-corrected chi connectivity index (χ2v) is 6.56. The van der Waals surface area contributed by atoms with Crippen LogP contribution in [0.2, 0.25) is 0 Å². The van der Waals surface area contributed by atoms with E-state index < -0.39 is 0 Å². The number of amides is 1. The van der Waals surface area contributed by atoms with Gasteiger partial charge in [-0.15, -0.1) is 11.3 Å². The largest absolute Gasteiger partial charge is 0.497 e. The van der Waals surface area contributed by atoms with Gasteiger partial charge in [-0.05, 0) is 36.8 Å². The van der Waals surface area contributed by atoms with Gasteiger partial charge in [0.05, 0.1) is 28.9 Å². The van der Waals surface area contributed by atoms with Gasteiger partial charge in [-0.2, -0.15) is 0 Å². The zero-order valence-corrected chi connectivity index (χ0v) is 15.2. The van der Waals surface area contributed by atoms with E-state index in [4.69, 9.17) is 4.74 Å². The number of pyridine rings is 1. The van der Waals surface area contributed by atoms with Gasteiger partial charge in [0.25, 0.3) is 5.91 Å². The molecule has 0 bridgehead atoms. The Morgan fingerprint density at radius 1 is 1.20 bits per heavy atom. The van der Waals surface area contributed by atoms with Crippen LogP contribution in [0.15, 0.2) is 48.1 Å². The van der Waals surface area contributed by atoms with Gasteiger partial charge in [-0.3, -0.25) is 9.78 Å². The third-order valence-corrected chi connectivity index (χ3v) is 4.86. The number of carbonyl (C=O) groups is 1. The van der Waals surface area contributed by atoms with Crippen LogP contribution in [-0.2, 0) is 6.54 Å². The number of thiazole rings is 1. The molecule has 2 aromatic heterocycles. The maximum absolute atomic E-state index is 12.7. The topological polar surface area (TPSA) is 55.3 Å². The summed E-state index contributed by atoms with van der Waals surface area (Å²) in [4.78, 5) is 24.0. The minimum atomic E-state index is -0.0402. The van der Waals surface area contributed by atoms with Crippen LogP contribution in [0.1, 0.15) is 21.6 Å². The number of rotatable bonds is 5. The van der Waals surface area contributed by atoms with Crippen LogP contribution in [-0.4, -0.2) is 34.9 Å². The Morgan fingerprint density at radius 3 is 2.60 bits per heavy atom. The Kier molecular flexibility index (Phi) is 5.09. The number of benzene rings is 1. The van der Waals surface area contributed by atoms with Crippen LogP contribution < -0.4 is 4.74 Å². The fourth-order valence-corrected chi connectivity index (χ4v) is 3.30. The summed E-state index contributed by atoms with van der Waals surface area (Å²) in [6, 6.07) is 11.3. The highest BCUT2D eigenvalue weighted by molar-refractivity contribution is 7.13. The molecule has 0 unspecified atom stereocenters. The molecule has 5 nitrogen and oxygen atoms in total. The lowest BCUT2D eigenvalue weighted by molar-refractivity contribution is 0.0785. The van der Waals surface area contributed by atoms with E-state index in [9.17, 15) is 4.79 Å². The summed E-state index contributed by atoms with van der Waals surface area (Å²) in [5, 5.41) is 0. The number of methoxy groups -OCH3 is 1. The third-order valence-electron chi connectivity index (χ3n) is 3.91. The number of nitrogens with zero attached hydrogens (tertiary/aromatic N) is 3. The summed E-state index contributed by atoms with van der Waals surface area (Å²) in [6.07, 6.45) is 1.67. The standard InChI is InChI=1S/C19H19N3O2S/c1-13-18(25-12-21-13)17-10-15(8-9-20-17)19(23)22(2)11-14-4-6-16(24-3)7-5-14/h4-10,12H,11H2,1-3H3. The molecule has 25 heavy (non-hydrogen) atoms. The second kappa shape index (κ2) is 7.44. The van der Waals surface area contributed by atoms with E-state index in [-0.39, 0.29) is 5.91 Å². The molecule has 0 spiro atoms. The SMILES string of the molecule is COc1ccc(CN(C)C(=O)c2ccnc(-c3scnc3C)c2)cc1. The number of hydrogen-bond donors (Lipinski definition) is 0. The van der Waals surface area contributed by atoms with E-state index in [1.165, 1.54) is 11.3 Å². The molecule has 0 aliphatic heterocycles. The Morgan fingerprint density at radius 2 is 1.96 bits per heavy atom. The van der Waals surface area contributed by atoms with E-state index in [1.807, 2.05) is 37.3 Å². The predicted octanol–water partition coefficient (Wildman–Crippen LogP) is 3.79. The lowest BCUT2D eigenvalue weighted by atomic mass is 10.1. The second-order valence-electron chi connectivity index (χ2n) is 5.71. The number of ether oxygens (including phenoxy) is 1. The molecule has 0 N–H and O–H groups in total. The van der Waals surface area contributed by atoms with Crippen molar-refractivity contribution in [3.05, 3.63) is 64.9 Å². The summed E-state index contributed by atoms with van der Waals surface area (Å²) in [7, 11) is 3.43. The maximum Gasteiger partial charge on any atom is 0.254 e. The molecule has 0 atom stereocenters. The highest BCUT2D eigenvalue weighted by Crippen LogP contribution is 2.26. The molecule has 3 aromatic rings. The number of aromatic nitrogens is 2. The summed E-state index contributed by atoms with van der Waals surface area (Å²) >= 11 is 1.53. The predicted molar refractivity (Wildman–Crippen MR) is 98.9 cm³/mol. The van der Waals surface area contributed by atoms with Crippen LogP contribution >= 0.6 is 11.3 Å². The first kappa shape index (κ1) is 17.1. The van der Waals surface area contributed by atoms with Crippen molar-refractivity contribution in [3.8, 4) is 16.3 Å². The molecule has 0 aliphatic carbocycles. The van der Waals surface area contributed by atoms with Crippen LogP contribution in [0, 0.1) is 6.92 Å². The van der Waals surface area contributed by atoms with Crippen molar-refractivity contribution in [2.24, 2.45) is 0 Å². The van der Waals surface area contributed by atoms with Crippen molar-refractivity contribution in [3.63, 3.8) is 0 Å². The van der Waals surface area contributed by atoms with Gasteiger partial charge in [-0.25, -0.2) is 4.98 Å². The van der Waals surface area contributed by atoms with Gasteiger partial charge >= 0.3 is 0 Å². The summed E-state index contributed by atoms with van der Waals surface area (Å²) in [5.41, 5.74) is 5.16. The van der Waals surface area contributed by atoms with Gasteiger partial charge < -0.3 is 9.64 Å². The van der Waals surface area contributed by atoms with Crippen LogP contribution in [0.25, 0.3) is 10.6 Å². The molecule has 1 aromatic carbocycles. The Bertz CT molecular complexity index is 874. The van der Waals surface area contributed by atoms with E-state index in [0.717, 1.165) is 27.6 Å². The first-order valence-electron chi connectivity index (χ1n) is 7.83. The average Bonchev–Trinajstić information content (AvgIpc) is 3.08. The molecule has 0 aliphatic rings.